The average molecular weight is 303 g/mol. The van der Waals surface area contributed by atoms with Crippen LogP contribution in [0.15, 0.2) is 71.8 Å². The minimum absolute atomic E-state index is 0.216. The lowest BCUT2D eigenvalue weighted by atomic mass is 10.3. The molecular weight excluding hydrogens is 290 g/mol. The zero-order valence-corrected chi connectivity index (χ0v) is 12.2. The van der Waals surface area contributed by atoms with Crippen molar-refractivity contribution in [2.75, 3.05) is 0 Å². The monoisotopic (exact) mass is 303 g/mol. The fraction of sp³-hybridized carbons (Fsp3) is 0.0588. The molecule has 1 aliphatic rings. The number of hydrogen-bond donors (Lipinski definition) is 0. The summed E-state index contributed by atoms with van der Waals surface area (Å²) >= 11 is 0. The van der Waals surface area contributed by atoms with Crippen LogP contribution in [0.5, 0.6) is 0 Å². The van der Waals surface area contributed by atoms with Crippen LogP contribution in [-0.4, -0.2) is 24.5 Å². The third kappa shape index (κ3) is 2.30. The molecule has 6 nitrogen and oxygen atoms in total. The summed E-state index contributed by atoms with van der Waals surface area (Å²) < 4.78 is 3.09. The standard InChI is InChI=1S/C17H13N5O/c23-17-15-16(22(20-19-15)14-10-6-3-7-11-14)18-12-21(17)13-8-4-1-2-5-9-13/h1-8,10-12H,9H2. The van der Waals surface area contributed by atoms with Crippen molar-refractivity contribution in [2.24, 2.45) is 0 Å². The lowest BCUT2D eigenvalue weighted by Gasteiger charge is -2.07. The van der Waals surface area contributed by atoms with Gasteiger partial charge >= 0.3 is 0 Å². The van der Waals surface area contributed by atoms with E-state index in [4.69, 9.17) is 0 Å². The van der Waals surface area contributed by atoms with Gasteiger partial charge in [0.25, 0.3) is 5.56 Å². The van der Waals surface area contributed by atoms with E-state index in [1.165, 1.54) is 10.9 Å². The van der Waals surface area contributed by atoms with E-state index in [0.29, 0.717) is 12.1 Å². The number of nitrogens with zero attached hydrogens (tertiary/aromatic N) is 5. The van der Waals surface area contributed by atoms with Crippen molar-refractivity contribution in [3.8, 4) is 5.69 Å². The van der Waals surface area contributed by atoms with Crippen molar-refractivity contribution >= 4 is 16.9 Å². The molecule has 2 aromatic heterocycles. The van der Waals surface area contributed by atoms with Crippen molar-refractivity contribution in [3.63, 3.8) is 0 Å². The smallest absolute Gasteiger partial charge is 0.269 e. The molecule has 0 amide bonds. The highest BCUT2D eigenvalue weighted by molar-refractivity contribution is 5.71. The number of para-hydroxylation sites is 1. The summed E-state index contributed by atoms with van der Waals surface area (Å²) in [5.74, 6) is 0. The maximum absolute atomic E-state index is 12.7. The highest BCUT2D eigenvalue weighted by Gasteiger charge is 2.14. The summed E-state index contributed by atoms with van der Waals surface area (Å²) in [6, 6.07) is 9.51. The highest BCUT2D eigenvalue weighted by atomic mass is 16.1. The molecule has 2 heterocycles. The van der Waals surface area contributed by atoms with Gasteiger partial charge in [-0.2, -0.15) is 4.68 Å². The van der Waals surface area contributed by atoms with Crippen LogP contribution >= 0.6 is 0 Å². The van der Waals surface area contributed by atoms with Crippen LogP contribution in [-0.2, 0) is 0 Å². The Morgan fingerprint density at radius 3 is 2.78 bits per heavy atom. The minimum atomic E-state index is -0.216. The number of aromatic nitrogens is 5. The Balaban J connectivity index is 1.88. The highest BCUT2D eigenvalue weighted by Crippen LogP contribution is 2.14. The van der Waals surface area contributed by atoms with Gasteiger partial charge in [-0.1, -0.05) is 47.7 Å². The zero-order valence-electron chi connectivity index (χ0n) is 12.2. The molecule has 0 radical (unpaired) electrons. The van der Waals surface area contributed by atoms with E-state index >= 15 is 0 Å². The summed E-state index contributed by atoms with van der Waals surface area (Å²) in [6.45, 7) is 0. The molecular formula is C17H13N5O. The number of fused-ring (bicyclic) bond motifs is 1. The molecule has 1 aliphatic carbocycles. The first kappa shape index (κ1) is 13.4. The van der Waals surface area contributed by atoms with E-state index in [9.17, 15) is 4.79 Å². The molecule has 23 heavy (non-hydrogen) atoms. The Kier molecular flexibility index (Phi) is 3.20. The van der Waals surface area contributed by atoms with E-state index in [-0.39, 0.29) is 11.1 Å². The van der Waals surface area contributed by atoms with Crippen LogP contribution in [0, 0.1) is 0 Å². The molecule has 0 saturated carbocycles. The first-order valence-corrected chi connectivity index (χ1v) is 7.26. The normalized spacial score (nSPS) is 14.0. The summed E-state index contributed by atoms with van der Waals surface area (Å²) in [7, 11) is 0. The second kappa shape index (κ2) is 5.49. The molecule has 3 aromatic rings. The number of hydrogen-bond acceptors (Lipinski definition) is 4. The minimum Gasteiger partial charge on any atom is -0.269 e. The molecule has 1 aromatic carbocycles. The third-order valence-electron chi connectivity index (χ3n) is 3.65. The van der Waals surface area contributed by atoms with Gasteiger partial charge in [0, 0.05) is 12.1 Å². The summed E-state index contributed by atoms with van der Waals surface area (Å²) in [6.07, 6.45) is 11.9. The first-order valence-electron chi connectivity index (χ1n) is 7.26. The van der Waals surface area contributed by atoms with Gasteiger partial charge in [-0.25, -0.2) is 4.98 Å². The lowest BCUT2D eigenvalue weighted by molar-refractivity contribution is 0.817. The average Bonchev–Trinajstić information content (AvgIpc) is 2.84. The molecule has 4 rings (SSSR count). The van der Waals surface area contributed by atoms with Gasteiger partial charge in [0.1, 0.15) is 6.33 Å². The first-order chi connectivity index (χ1) is 11.3. The van der Waals surface area contributed by atoms with E-state index in [1.54, 1.807) is 4.68 Å². The van der Waals surface area contributed by atoms with Crippen molar-refractivity contribution < 1.29 is 0 Å². The van der Waals surface area contributed by atoms with Gasteiger partial charge in [-0.05, 0) is 18.2 Å². The Morgan fingerprint density at radius 2 is 1.91 bits per heavy atom. The van der Waals surface area contributed by atoms with Crippen LogP contribution in [0.3, 0.4) is 0 Å². The molecule has 0 N–H and O–H groups in total. The molecule has 112 valence electrons. The molecule has 0 unspecified atom stereocenters. The van der Waals surface area contributed by atoms with Crippen LogP contribution < -0.4 is 5.56 Å². The predicted molar refractivity (Wildman–Crippen MR) is 88.1 cm³/mol. The SMILES string of the molecule is O=c1c2nnn(-c3ccccc3)c2ncn1C1=CC=CC=CC1. The van der Waals surface area contributed by atoms with Crippen LogP contribution in [0.4, 0.5) is 0 Å². The molecule has 0 saturated heterocycles. The van der Waals surface area contributed by atoms with Crippen molar-refractivity contribution in [3.05, 3.63) is 77.4 Å². The maximum atomic E-state index is 12.7. The molecule has 0 bridgehead atoms. The Bertz CT molecular complexity index is 1010. The van der Waals surface area contributed by atoms with Gasteiger partial charge < -0.3 is 0 Å². The fourth-order valence-corrected chi connectivity index (χ4v) is 2.50. The maximum Gasteiger partial charge on any atom is 0.287 e. The van der Waals surface area contributed by atoms with Gasteiger partial charge in [0.2, 0.25) is 0 Å². The van der Waals surface area contributed by atoms with Gasteiger partial charge in [0.05, 0.1) is 5.69 Å². The number of benzene rings is 1. The molecule has 6 heteroatoms. The largest absolute Gasteiger partial charge is 0.287 e. The van der Waals surface area contributed by atoms with Gasteiger partial charge in [0.15, 0.2) is 11.2 Å². The Morgan fingerprint density at radius 1 is 1.04 bits per heavy atom. The molecule has 0 spiro atoms. The Labute approximate surface area is 131 Å². The quantitative estimate of drug-likeness (QED) is 0.729. The summed E-state index contributed by atoms with van der Waals surface area (Å²) in [5, 5.41) is 8.10. The van der Waals surface area contributed by atoms with E-state index in [2.05, 4.69) is 15.3 Å². The Hall–Kier alpha value is -3.28. The summed E-state index contributed by atoms with van der Waals surface area (Å²) in [4.78, 5) is 17.1. The molecule has 0 atom stereocenters. The zero-order chi connectivity index (χ0) is 15.6. The fourth-order valence-electron chi connectivity index (χ4n) is 2.50. The van der Waals surface area contributed by atoms with Crippen molar-refractivity contribution in [1.82, 2.24) is 24.5 Å². The molecule has 0 fully saturated rings. The number of allylic oxidation sites excluding steroid dienone is 6. The van der Waals surface area contributed by atoms with Crippen molar-refractivity contribution in [2.45, 2.75) is 6.42 Å². The van der Waals surface area contributed by atoms with Gasteiger partial charge in [-0.3, -0.25) is 9.36 Å². The van der Waals surface area contributed by atoms with Crippen molar-refractivity contribution in [1.29, 1.82) is 0 Å². The second-order valence-corrected chi connectivity index (χ2v) is 5.10. The number of rotatable bonds is 2. The van der Waals surface area contributed by atoms with E-state index < -0.39 is 0 Å². The predicted octanol–water partition coefficient (Wildman–Crippen LogP) is 2.33. The van der Waals surface area contributed by atoms with Crippen LogP contribution in [0.1, 0.15) is 6.42 Å². The molecule has 0 aliphatic heterocycles. The van der Waals surface area contributed by atoms with Gasteiger partial charge in [-0.15, -0.1) is 5.10 Å². The summed E-state index contributed by atoms with van der Waals surface area (Å²) in [5.41, 5.74) is 2.17. The van der Waals surface area contributed by atoms with Crippen LogP contribution in [0.25, 0.3) is 22.5 Å². The van der Waals surface area contributed by atoms with Crippen LogP contribution in [0.2, 0.25) is 0 Å². The lowest BCUT2D eigenvalue weighted by Crippen LogP contribution is -2.20. The van der Waals surface area contributed by atoms with E-state index in [1.807, 2.05) is 60.7 Å². The topological polar surface area (TPSA) is 65.6 Å². The second-order valence-electron chi connectivity index (χ2n) is 5.10. The van der Waals surface area contributed by atoms with E-state index in [0.717, 1.165) is 11.4 Å². The third-order valence-corrected chi connectivity index (χ3v) is 3.65.